The van der Waals surface area contributed by atoms with E-state index in [1.165, 1.54) is 4.68 Å². The van der Waals surface area contributed by atoms with Gasteiger partial charge in [-0.15, -0.1) is 0 Å². The summed E-state index contributed by atoms with van der Waals surface area (Å²) in [4.78, 5) is 4.07. The number of aryl methyl sites for hydroxylation is 1. The maximum atomic E-state index is 9.43. The molecule has 0 atom stereocenters. The Labute approximate surface area is 123 Å². The van der Waals surface area contributed by atoms with Gasteiger partial charge in [0.1, 0.15) is 5.75 Å². The summed E-state index contributed by atoms with van der Waals surface area (Å²) in [6, 6.07) is 5.54. The van der Waals surface area contributed by atoms with Gasteiger partial charge in [-0.3, -0.25) is 0 Å². The van der Waals surface area contributed by atoms with Gasteiger partial charge in [0.15, 0.2) is 0 Å². The fourth-order valence-electron chi connectivity index (χ4n) is 1.90. The first-order valence-corrected chi connectivity index (χ1v) is 6.76. The van der Waals surface area contributed by atoms with Crippen molar-refractivity contribution in [1.82, 2.24) is 9.66 Å². The molecular formula is C15H20N4O2. The monoisotopic (exact) mass is 288 g/mol. The second-order valence-corrected chi connectivity index (χ2v) is 5.02. The minimum atomic E-state index is -0.0872. The second-order valence-electron chi connectivity index (χ2n) is 5.02. The molecule has 1 heterocycles. The van der Waals surface area contributed by atoms with Crippen LogP contribution in [0.5, 0.6) is 5.75 Å². The van der Waals surface area contributed by atoms with Crippen LogP contribution in [-0.4, -0.2) is 27.1 Å². The van der Waals surface area contributed by atoms with Crippen molar-refractivity contribution < 1.29 is 9.84 Å². The van der Waals surface area contributed by atoms with Gasteiger partial charge in [0.2, 0.25) is 5.95 Å². The predicted octanol–water partition coefficient (Wildman–Crippen LogP) is 1.94. The molecule has 0 spiro atoms. The summed E-state index contributed by atoms with van der Waals surface area (Å²) in [5.74, 6) is 1.02. The number of benzene rings is 1. The maximum Gasteiger partial charge on any atom is 0.221 e. The summed E-state index contributed by atoms with van der Waals surface area (Å²) in [7, 11) is 0. The highest BCUT2D eigenvalue weighted by Crippen LogP contribution is 2.21. The van der Waals surface area contributed by atoms with E-state index in [2.05, 4.69) is 10.1 Å². The Morgan fingerprint density at radius 1 is 1.48 bits per heavy atom. The predicted molar refractivity (Wildman–Crippen MR) is 82.5 cm³/mol. The highest BCUT2D eigenvalue weighted by Gasteiger charge is 2.06. The van der Waals surface area contributed by atoms with Gasteiger partial charge in [0, 0.05) is 5.56 Å². The molecule has 2 rings (SSSR count). The molecule has 21 heavy (non-hydrogen) atoms. The third kappa shape index (κ3) is 3.82. The highest BCUT2D eigenvalue weighted by molar-refractivity contribution is 5.80. The Hall–Kier alpha value is -2.34. The van der Waals surface area contributed by atoms with Gasteiger partial charge in [-0.1, -0.05) is 0 Å². The van der Waals surface area contributed by atoms with E-state index in [4.69, 9.17) is 10.5 Å². The molecule has 1 aromatic heterocycles. The molecule has 0 radical (unpaired) electrons. The Bertz CT molecular complexity index is 647. The SMILES string of the molecule is Cc1cn(N=Cc2ccc(OC(C)C)c(CO)c2)c(N)n1. The number of hydrogen-bond donors (Lipinski definition) is 2. The van der Waals surface area contributed by atoms with Crippen molar-refractivity contribution in [3.05, 3.63) is 41.2 Å². The van der Waals surface area contributed by atoms with Crippen LogP contribution >= 0.6 is 0 Å². The van der Waals surface area contributed by atoms with Gasteiger partial charge >= 0.3 is 0 Å². The van der Waals surface area contributed by atoms with Gasteiger partial charge in [-0.2, -0.15) is 5.10 Å². The van der Waals surface area contributed by atoms with Crippen LogP contribution < -0.4 is 10.5 Å². The number of ether oxygens (including phenoxy) is 1. The zero-order valence-corrected chi connectivity index (χ0v) is 12.4. The topological polar surface area (TPSA) is 85.7 Å². The van der Waals surface area contributed by atoms with Gasteiger partial charge in [0.05, 0.1) is 30.8 Å². The average Bonchev–Trinajstić information content (AvgIpc) is 2.75. The van der Waals surface area contributed by atoms with E-state index in [0.717, 1.165) is 16.8 Å². The molecule has 1 aromatic carbocycles. The molecule has 2 aromatic rings. The van der Waals surface area contributed by atoms with Gasteiger partial charge in [-0.25, -0.2) is 9.66 Å². The van der Waals surface area contributed by atoms with Crippen LogP contribution in [0.1, 0.15) is 30.7 Å². The van der Waals surface area contributed by atoms with Crippen molar-refractivity contribution in [2.75, 3.05) is 5.73 Å². The standard InChI is InChI=1S/C15H20N4O2/c1-10(2)21-14-5-4-12(6-13(14)9-20)7-17-19-8-11(3)18-15(19)16/h4-8,10,20H,9H2,1-3H3,(H2,16,18). The molecular weight excluding hydrogens is 268 g/mol. The number of nitrogen functional groups attached to an aromatic ring is 1. The Morgan fingerprint density at radius 3 is 2.81 bits per heavy atom. The fourth-order valence-corrected chi connectivity index (χ4v) is 1.90. The number of nitrogens with zero attached hydrogens (tertiary/aromatic N) is 3. The lowest BCUT2D eigenvalue weighted by Crippen LogP contribution is -2.08. The largest absolute Gasteiger partial charge is 0.491 e. The molecule has 112 valence electrons. The second kappa shape index (κ2) is 6.41. The highest BCUT2D eigenvalue weighted by atomic mass is 16.5. The van der Waals surface area contributed by atoms with Gasteiger partial charge in [0.25, 0.3) is 0 Å². The molecule has 0 aliphatic rings. The first-order chi connectivity index (χ1) is 9.99. The Balaban J connectivity index is 2.23. The third-order valence-electron chi connectivity index (χ3n) is 2.78. The van der Waals surface area contributed by atoms with Crippen LogP contribution in [0.2, 0.25) is 0 Å². The van der Waals surface area contributed by atoms with Crippen LogP contribution in [0.3, 0.4) is 0 Å². The van der Waals surface area contributed by atoms with Gasteiger partial charge in [-0.05, 0) is 44.5 Å². The van der Waals surface area contributed by atoms with Crippen molar-refractivity contribution in [2.45, 2.75) is 33.5 Å². The van der Waals surface area contributed by atoms with E-state index in [9.17, 15) is 5.11 Å². The van der Waals surface area contributed by atoms with Crippen molar-refractivity contribution in [3.63, 3.8) is 0 Å². The molecule has 0 unspecified atom stereocenters. The minimum absolute atomic E-state index is 0.0588. The zero-order valence-electron chi connectivity index (χ0n) is 12.4. The van der Waals surface area contributed by atoms with Crippen molar-refractivity contribution >= 4 is 12.2 Å². The lowest BCUT2D eigenvalue weighted by atomic mass is 10.1. The van der Waals surface area contributed by atoms with E-state index in [0.29, 0.717) is 11.7 Å². The summed E-state index contributed by atoms with van der Waals surface area (Å²) in [5.41, 5.74) is 8.10. The van der Waals surface area contributed by atoms with E-state index in [1.807, 2.05) is 39.0 Å². The molecule has 0 aliphatic heterocycles. The van der Waals surface area contributed by atoms with Crippen molar-refractivity contribution in [2.24, 2.45) is 5.10 Å². The molecule has 3 N–H and O–H groups in total. The zero-order chi connectivity index (χ0) is 15.4. The smallest absolute Gasteiger partial charge is 0.221 e. The number of rotatable bonds is 5. The van der Waals surface area contributed by atoms with Crippen molar-refractivity contribution in [1.29, 1.82) is 0 Å². The number of hydrogen-bond acceptors (Lipinski definition) is 5. The molecule has 0 saturated heterocycles. The Morgan fingerprint density at radius 2 is 2.24 bits per heavy atom. The summed E-state index contributed by atoms with van der Waals surface area (Å²) < 4.78 is 7.14. The summed E-state index contributed by atoms with van der Waals surface area (Å²) in [6.07, 6.45) is 3.47. The summed E-state index contributed by atoms with van der Waals surface area (Å²) in [6.45, 7) is 5.65. The van der Waals surface area contributed by atoms with E-state index >= 15 is 0 Å². The lowest BCUT2D eigenvalue weighted by molar-refractivity contribution is 0.225. The van der Waals surface area contributed by atoms with E-state index in [1.54, 1.807) is 12.4 Å². The van der Waals surface area contributed by atoms with Crippen LogP contribution in [0.25, 0.3) is 0 Å². The van der Waals surface area contributed by atoms with E-state index in [-0.39, 0.29) is 12.7 Å². The number of aliphatic hydroxyl groups excluding tert-OH is 1. The molecule has 0 bridgehead atoms. The third-order valence-corrected chi connectivity index (χ3v) is 2.78. The Kier molecular flexibility index (Phi) is 4.59. The molecule has 6 nitrogen and oxygen atoms in total. The number of aliphatic hydroxyl groups is 1. The van der Waals surface area contributed by atoms with Crippen LogP contribution in [0, 0.1) is 6.92 Å². The van der Waals surface area contributed by atoms with Crippen LogP contribution in [0.4, 0.5) is 5.95 Å². The number of imidazole rings is 1. The first-order valence-electron chi connectivity index (χ1n) is 6.76. The average molecular weight is 288 g/mol. The number of aromatic nitrogens is 2. The molecule has 0 saturated carbocycles. The molecule has 0 amide bonds. The van der Waals surface area contributed by atoms with Crippen molar-refractivity contribution in [3.8, 4) is 5.75 Å². The quantitative estimate of drug-likeness (QED) is 0.823. The van der Waals surface area contributed by atoms with Gasteiger partial charge < -0.3 is 15.6 Å². The normalized spacial score (nSPS) is 11.5. The number of nitrogens with two attached hydrogens (primary N) is 1. The summed E-state index contributed by atoms with van der Waals surface area (Å²) >= 11 is 0. The lowest BCUT2D eigenvalue weighted by Gasteiger charge is -2.13. The van der Waals surface area contributed by atoms with Crippen LogP contribution in [-0.2, 0) is 6.61 Å². The number of anilines is 1. The van der Waals surface area contributed by atoms with E-state index < -0.39 is 0 Å². The first kappa shape index (κ1) is 15.1. The molecule has 6 heteroatoms. The maximum absolute atomic E-state index is 9.43. The molecule has 0 fully saturated rings. The molecule has 0 aliphatic carbocycles. The van der Waals surface area contributed by atoms with Crippen LogP contribution in [0.15, 0.2) is 29.5 Å². The summed E-state index contributed by atoms with van der Waals surface area (Å²) in [5, 5.41) is 13.7. The minimum Gasteiger partial charge on any atom is -0.491 e. The fraction of sp³-hybridized carbons (Fsp3) is 0.333.